The average molecular weight is 359 g/mol. The van der Waals surface area contributed by atoms with Gasteiger partial charge in [-0.2, -0.15) is 0 Å². The van der Waals surface area contributed by atoms with E-state index in [4.69, 9.17) is 4.74 Å². The lowest BCUT2D eigenvalue weighted by Gasteiger charge is -2.17. The van der Waals surface area contributed by atoms with Gasteiger partial charge in [0.25, 0.3) is 0 Å². The monoisotopic (exact) mass is 359 g/mol. The normalized spacial score (nSPS) is 13.0. The number of hydrogen-bond acceptors (Lipinski definition) is 4. The summed E-state index contributed by atoms with van der Waals surface area (Å²) in [6, 6.07) is 18.0. The first-order valence-corrected chi connectivity index (χ1v) is 8.73. The van der Waals surface area contributed by atoms with E-state index < -0.39 is 5.97 Å². The van der Waals surface area contributed by atoms with Crippen molar-refractivity contribution in [1.29, 1.82) is 0 Å². The first-order valence-electron chi connectivity index (χ1n) is 8.73. The number of rotatable bonds is 4. The molecule has 134 valence electrons. The smallest absolute Gasteiger partial charge is 0.339 e. The third-order valence-corrected chi connectivity index (χ3v) is 4.67. The summed E-state index contributed by atoms with van der Waals surface area (Å²) < 4.78 is 5.26. The van der Waals surface area contributed by atoms with Crippen LogP contribution in [-0.4, -0.2) is 24.3 Å². The minimum absolute atomic E-state index is 0.0226. The fraction of sp³-hybridized carbons (Fsp3) is 0.136. The lowest BCUT2D eigenvalue weighted by atomic mass is 9.99. The number of carbonyl (C=O) groups excluding carboxylic acids is 3. The first kappa shape index (κ1) is 17.0. The summed E-state index contributed by atoms with van der Waals surface area (Å²) in [5, 5.41) is 4.51. The second kappa shape index (κ2) is 7.03. The zero-order valence-electron chi connectivity index (χ0n) is 14.5. The van der Waals surface area contributed by atoms with Gasteiger partial charge in [-0.25, -0.2) is 4.79 Å². The zero-order chi connectivity index (χ0) is 18.8. The molecule has 1 heterocycles. The highest BCUT2D eigenvalue weighted by molar-refractivity contribution is 6.06. The number of Topliss-reactive ketones (excluding diaryl/α,β-unsaturated/α-hetero) is 1. The highest BCUT2D eigenvalue weighted by atomic mass is 16.5. The fourth-order valence-corrected chi connectivity index (χ4v) is 3.25. The maximum atomic E-state index is 12.4. The van der Waals surface area contributed by atoms with E-state index in [1.54, 1.807) is 30.3 Å². The molecule has 0 aromatic heterocycles. The Kier molecular flexibility index (Phi) is 4.42. The zero-order valence-corrected chi connectivity index (χ0v) is 14.5. The Morgan fingerprint density at radius 1 is 0.963 bits per heavy atom. The molecule has 1 amide bonds. The quantitative estimate of drug-likeness (QED) is 0.569. The molecule has 0 fully saturated rings. The van der Waals surface area contributed by atoms with Gasteiger partial charge in [0.15, 0.2) is 12.4 Å². The lowest BCUT2D eigenvalue weighted by molar-refractivity contribution is -0.116. The van der Waals surface area contributed by atoms with Crippen LogP contribution in [0.3, 0.4) is 0 Å². The third kappa shape index (κ3) is 3.44. The predicted octanol–water partition coefficient (Wildman–Crippen LogP) is 3.76. The Labute approximate surface area is 156 Å². The molecule has 5 heteroatoms. The number of benzene rings is 3. The Morgan fingerprint density at radius 2 is 1.78 bits per heavy atom. The summed E-state index contributed by atoms with van der Waals surface area (Å²) >= 11 is 0. The van der Waals surface area contributed by atoms with E-state index >= 15 is 0 Å². The Morgan fingerprint density at radius 3 is 2.67 bits per heavy atom. The second-order valence-electron chi connectivity index (χ2n) is 6.45. The second-order valence-corrected chi connectivity index (χ2v) is 6.45. The van der Waals surface area contributed by atoms with E-state index in [1.165, 1.54) is 0 Å². The van der Waals surface area contributed by atoms with Gasteiger partial charge in [-0.05, 0) is 47.0 Å². The highest BCUT2D eigenvalue weighted by Crippen LogP contribution is 2.24. The Hall–Kier alpha value is -3.47. The number of ether oxygens (including phenoxy) is 1. The maximum absolute atomic E-state index is 12.4. The van der Waals surface area contributed by atoms with Crippen molar-refractivity contribution < 1.29 is 19.1 Å². The van der Waals surface area contributed by atoms with Crippen molar-refractivity contribution in [2.24, 2.45) is 0 Å². The largest absolute Gasteiger partial charge is 0.454 e. The predicted molar refractivity (Wildman–Crippen MR) is 102 cm³/mol. The van der Waals surface area contributed by atoms with Crippen molar-refractivity contribution in [2.45, 2.75) is 12.8 Å². The summed E-state index contributed by atoms with van der Waals surface area (Å²) in [5.74, 6) is -0.820. The molecule has 0 saturated heterocycles. The van der Waals surface area contributed by atoms with Gasteiger partial charge in [0, 0.05) is 17.7 Å². The van der Waals surface area contributed by atoms with Gasteiger partial charge in [-0.15, -0.1) is 0 Å². The first-order chi connectivity index (χ1) is 13.1. The number of esters is 1. The molecule has 0 aliphatic carbocycles. The van der Waals surface area contributed by atoms with Gasteiger partial charge in [-0.1, -0.05) is 36.4 Å². The van der Waals surface area contributed by atoms with Crippen molar-refractivity contribution in [1.82, 2.24) is 0 Å². The molecule has 0 bridgehead atoms. The SMILES string of the molecule is O=C1CCc2cc(C(=O)COC(=O)c3cccc4ccccc34)ccc2N1. The van der Waals surface area contributed by atoms with Gasteiger partial charge in [0.1, 0.15) is 0 Å². The molecule has 0 spiro atoms. The van der Waals surface area contributed by atoms with E-state index in [1.807, 2.05) is 30.3 Å². The average Bonchev–Trinajstić information content (AvgIpc) is 2.71. The number of nitrogens with one attached hydrogen (secondary N) is 1. The topological polar surface area (TPSA) is 72.5 Å². The van der Waals surface area contributed by atoms with E-state index in [0.717, 1.165) is 22.0 Å². The molecule has 1 N–H and O–H groups in total. The fourth-order valence-electron chi connectivity index (χ4n) is 3.25. The van der Waals surface area contributed by atoms with Gasteiger partial charge in [-0.3, -0.25) is 9.59 Å². The standard InChI is InChI=1S/C22H17NO4/c24-20(16-8-10-19-15(12-16)9-11-21(25)23-19)13-27-22(26)18-7-3-5-14-4-1-2-6-17(14)18/h1-8,10,12H,9,11,13H2,(H,23,25). The van der Waals surface area contributed by atoms with E-state index in [0.29, 0.717) is 24.0 Å². The number of aryl methyl sites for hydroxylation is 1. The molecule has 1 aliphatic heterocycles. The number of amides is 1. The molecule has 1 aliphatic rings. The molecule has 3 aromatic rings. The molecule has 4 rings (SSSR count). The van der Waals surface area contributed by atoms with Crippen LogP contribution in [-0.2, 0) is 16.0 Å². The van der Waals surface area contributed by atoms with Crippen LogP contribution < -0.4 is 5.32 Å². The van der Waals surface area contributed by atoms with Crippen LogP contribution in [0.4, 0.5) is 5.69 Å². The lowest BCUT2D eigenvalue weighted by Crippen LogP contribution is -2.20. The van der Waals surface area contributed by atoms with Crippen LogP contribution in [0, 0.1) is 0 Å². The van der Waals surface area contributed by atoms with Crippen LogP contribution in [0.5, 0.6) is 0 Å². The number of fused-ring (bicyclic) bond motifs is 2. The van der Waals surface area contributed by atoms with Crippen LogP contribution in [0.25, 0.3) is 10.8 Å². The summed E-state index contributed by atoms with van der Waals surface area (Å²) in [6.45, 7) is -0.326. The van der Waals surface area contributed by atoms with Gasteiger partial charge in [0.05, 0.1) is 5.56 Å². The number of ketones is 1. The van der Waals surface area contributed by atoms with E-state index in [-0.39, 0.29) is 18.3 Å². The van der Waals surface area contributed by atoms with E-state index in [2.05, 4.69) is 5.32 Å². The summed E-state index contributed by atoms with van der Waals surface area (Å²) in [4.78, 5) is 36.3. The van der Waals surface area contributed by atoms with Crippen molar-refractivity contribution in [2.75, 3.05) is 11.9 Å². The Bertz CT molecular complexity index is 1070. The molecule has 0 atom stereocenters. The molecule has 5 nitrogen and oxygen atoms in total. The van der Waals surface area contributed by atoms with Crippen molar-refractivity contribution in [3.8, 4) is 0 Å². The van der Waals surface area contributed by atoms with Crippen LogP contribution in [0.1, 0.15) is 32.7 Å². The molecule has 3 aromatic carbocycles. The highest BCUT2D eigenvalue weighted by Gasteiger charge is 2.18. The van der Waals surface area contributed by atoms with Gasteiger partial charge in [0.2, 0.25) is 5.91 Å². The van der Waals surface area contributed by atoms with Gasteiger partial charge >= 0.3 is 5.97 Å². The van der Waals surface area contributed by atoms with Gasteiger partial charge < -0.3 is 10.1 Å². The molecular formula is C22H17NO4. The summed E-state index contributed by atoms with van der Waals surface area (Å²) in [5.41, 5.74) is 2.56. The van der Waals surface area contributed by atoms with E-state index in [9.17, 15) is 14.4 Å². The van der Waals surface area contributed by atoms with Crippen LogP contribution in [0.15, 0.2) is 60.7 Å². The third-order valence-electron chi connectivity index (χ3n) is 4.67. The van der Waals surface area contributed by atoms with Crippen LogP contribution >= 0.6 is 0 Å². The number of anilines is 1. The number of carbonyl (C=O) groups is 3. The molecule has 27 heavy (non-hydrogen) atoms. The molecule has 0 saturated carbocycles. The molecule has 0 radical (unpaired) electrons. The minimum atomic E-state index is -0.523. The summed E-state index contributed by atoms with van der Waals surface area (Å²) in [7, 11) is 0. The molecule has 0 unspecified atom stereocenters. The minimum Gasteiger partial charge on any atom is -0.454 e. The summed E-state index contributed by atoms with van der Waals surface area (Å²) in [6.07, 6.45) is 0.999. The van der Waals surface area contributed by atoms with Crippen molar-refractivity contribution >= 4 is 34.1 Å². The molecular weight excluding hydrogens is 342 g/mol. The Balaban J connectivity index is 1.47. The van der Waals surface area contributed by atoms with Crippen molar-refractivity contribution in [3.63, 3.8) is 0 Å². The van der Waals surface area contributed by atoms with Crippen molar-refractivity contribution in [3.05, 3.63) is 77.4 Å². The number of hydrogen-bond donors (Lipinski definition) is 1. The maximum Gasteiger partial charge on any atom is 0.339 e. The van der Waals surface area contributed by atoms with Crippen LogP contribution in [0.2, 0.25) is 0 Å².